The van der Waals surface area contributed by atoms with Crippen molar-refractivity contribution in [1.29, 1.82) is 0 Å². The van der Waals surface area contributed by atoms with E-state index in [1.807, 2.05) is 11.8 Å². The molecule has 1 aromatic carbocycles. The number of nitrogens with zero attached hydrogens (tertiary/aromatic N) is 6. The topological polar surface area (TPSA) is 57.5 Å². The summed E-state index contributed by atoms with van der Waals surface area (Å²) in [6, 6.07) is 6.38. The summed E-state index contributed by atoms with van der Waals surface area (Å²) in [5, 5.41) is 9.40. The van der Waals surface area contributed by atoms with Crippen LogP contribution in [0, 0.1) is 20.8 Å². The highest BCUT2D eigenvalue weighted by Crippen LogP contribution is 2.25. The van der Waals surface area contributed by atoms with Crippen LogP contribution in [0.5, 0.6) is 0 Å². The van der Waals surface area contributed by atoms with E-state index in [2.05, 4.69) is 56.6 Å². The molecule has 0 spiro atoms. The van der Waals surface area contributed by atoms with Crippen LogP contribution in [0.3, 0.4) is 0 Å². The first kappa shape index (κ1) is 22.3. The molecule has 0 aliphatic carbocycles. The molecule has 0 radical (unpaired) electrons. The summed E-state index contributed by atoms with van der Waals surface area (Å²) in [5.74, 6) is 1.43. The molecule has 0 saturated carbocycles. The van der Waals surface area contributed by atoms with E-state index in [0.29, 0.717) is 5.75 Å². The maximum absolute atomic E-state index is 12.8. The second kappa shape index (κ2) is 10.1. The summed E-state index contributed by atoms with van der Waals surface area (Å²) < 4.78 is 2.07. The lowest BCUT2D eigenvalue weighted by atomic mass is 10.1. The number of hydrogen-bond donors (Lipinski definition) is 0. The fourth-order valence-electron chi connectivity index (χ4n) is 4.40. The van der Waals surface area contributed by atoms with Gasteiger partial charge in [-0.1, -0.05) is 23.9 Å². The minimum absolute atomic E-state index is 0.192. The average molecular weight is 443 g/mol. The number of aryl methyl sites for hydroxylation is 3. The van der Waals surface area contributed by atoms with E-state index in [-0.39, 0.29) is 5.91 Å². The number of piperazine rings is 1. The van der Waals surface area contributed by atoms with Crippen molar-refractivity contribution in [2.75, 3.05) is 58.1 Å². The van der Waals surface area contributed by atoms with Crippen LogP contribution in [0.15, 0.2) is 23.4 Å². The maximum atomic E-state index is 12.8. The molecule has 0 unspecified atom stereocenters. The highest BCUT2D eigenvalue weighted by Gasteiger charge is 2.23. The molecule has 0 N–H and O–H groups in total. The van der Waals surface area contributed by atoms with Crippen molar-refractivity contribution in [2.24, 2.45) is 0 Å². The van der Waals surface area contributed by atoms with Gasteiger partial charge in [-0.05, 0) is 63.9 Å². The van der Waals surface area contributed by atoms with Crippen LogP contribution in [0.4, 0.5) is 0 Å². The minimum Gasteiger partial charge on any atom is -0.339 e. The number of benzene rings is 1. The average Bonchev–Trinajstić information content (AvgIpc) is 3.42. The van der Waals surface area contributed by atoms with Crippen LogP contribution in [0.2, 0.25) is 0 Å². The first-order chi connectivity index (χ1) is 15.0. The van der Waals surface area contributed by atoms with Gasteiger partial charge in [0.1, 0.15) is 5.82 Å². The number of amides is 1. The van der Waals surface area contributed by atoms with Crippen molar-refractivity contribution in [3.05, 3.63) is 35.2 Å². The molecule has 168 valence electrons. The Bertz CT molecular complexity index is 899. The van der Waals surface area contributed by atoms with Crippen LogP contribution in [0.25, 0.3) is 5.69 Å². The summed E-state index contributed by atoms with van der Waals surface area (Å²) in [4.78, 5) is 19.9. The van der Waals surface area contributed by atoms with Crippen molar-refractivity contribution >= 4 is 17.7 Å². The summed E-state index contributed by atoms with van der Waals surface area (Å²) in [6.45, 7) is 14.5. The van der Waals surface area contributed by atoms with Gasteiger partial charge in [-0.2, -0.15) is 0 Å². The van der Waals surface area contributed by atoms with Crippen molar-refractivity contribution in [3.8, 4) is 5.69 Å². The fraction of sp³-hybridized carbons (Fsp3) is 0.609. The van der Waals surface area contributed by atoms with Gasteiger partial charge in [-0.15, -0.1) is 10.2 Å². The standard InChI is InChI=1S/C23H34N6OS/c1-18-6-7-19(2)21(16-18)29-20(3)24-25-23(29)31-17-22(30)28-14-12-27(13-15-28)11-10-26-8-4-5-9-26/h6-7,16H,4-5,8-15,17H2,1-3H3. The molecule has 2 aliphatic rings. The van der Waals surface area contributed by atoms with Gasteiger partial charge in [-0.25, -0.2) is 0 Å². The Morgan fingerprint density at radius 3 is 2.32 bits per heavy atom. The smallest absolute Gasteiger partial charge is 0.233 e. The van der Waals surface area contributed by atoms with Crippen molar-refractivity contribution in [1.82, 2.24) is 29.5 Å². The van der Waals surface area contributed by atoms with Crippen LogP contribution >= 0.6 is 11.8 Å². The number of likely N-dealkylation sites (tertiary alicyclic amines) is 1. The molecule has 0 bridgehead atoms. The SMILES string of the molecule is Cc1ccc(C)c(-n2c(C)nnc2SCC(=O)N2CCN(CCN3CCCC3)CC2)c1. The molecule has 2 fully saturated rings. The number of thioether (sulfide) groups is 1. The van der Waals surface area contributed by atoms with E-state index in [4.69, 9.17) is 0 Å². The fourth-order valence-corrected chi connectivity index (χ4v) is 5.29. The van der Waals surface area contributed by atoms with Crippen molar-refractivity contribution in [3.63, 3.8) is 0 Å². The summed E-state index contributed by atoms with van der Waals surface area (Å²) in [7, 11) is 0. The quantitative estimate of drug-likeness (QED) is 0.614. The van der Waals surface area contributed by atoms with Gasteiger partial charge in [0.05, 0.1) is 11.4 Å². The zero-order valence-corrected chi connectivity index (χ0v) is 19.8. The Balaban J connectivity index is 1.29. The van der Waals surface area contributed by atoms with Crippen LogP contribution < -0.4 is 0 Å². The lowest BCUT2D eigenvalue weighted by Gasteiger charge is -2.35. The first-order valence-electron chi connectivity index (χ1n) is 11.4. The van der Waals surface area contributed by atoms with Gasteiger partial charge in [0.15, 0.2) is 5.16 Å². The van der Waals surface area contributed by atoms with Gasteiger partial charge in [0.2, 0.25) is 5.91 Å². The molecule has 1 amide bonds. The highest BCUT2D eigenvalue weighted by molar-refractivity contribution is 7.99. The third kappa shape index (κ3) is 5.48. The van der Waals surface area contributed by atoms with Gasteiger partial charge >= 0.3 is 0 Å². The van der Waals surface area contributed by atoms with Gasteiger partial charge < -0.3 is 9.80 Å². The monoisotopic (exact) mass is 442 g/mol. The van der Waals surface area contributed by atoms with E-state index in [9.17, 15) is 4.79 Å². The molecule has 7 nitrogen and oxygen atoms in total. The molecule has 3 heterocycles. The van der Waals surface area contributed by atoms with Crippen molar-refractivity contribution < 1.29 is 4.79 Å². The van der Waals surface area contributed by atoms with Crippen LogP contribution in [0.1, 0.15) is 29.8 Å². The lowest BCUT2D eigenvalue weighted by Crippen LogP contribution is -2.50. The van der Waals surface area contributed by atoms with E-state index in [1.54, 1.807) is 0 Å². The lowest BCUT2D eigenvalue weighted by molar-refractivity contribution is -0.130. The summed E-state index contributed by atoms with van der Waals surface area (Å²) in [5.41, 5.74) is 3.46. The Hall–Kier alpha value is -1.90. The molecule has 2 aliphatic heterocycles. The summed E-state index contributed by atoms with van der Waals surface area (Å²) in [6.07, 6.45) is 2.69. The molecule has 4 rings (SSSR count). The zero-order chi connectivity index (χ0) is 21.8. The van der Waals surface area contributed by atoms with Gasteiger partial charge in [0.25, 0.3) is 0 Å². The molecular weight excluding hydrogens is 408 g/mol. The predicted molar refractivity (Wildman–Crippen MR) is 125 cm³/mol. The van der Waals surface area contributed by atoms with E-state index in [1.165, 1.54) is 48.8 Å². The minimum atomic E-state index is 0.192. The normalized spacial score (nSPS) is 18.1. The molecular formula is C23H34N6OS. The maximum Gasteiger partial charge on any atom is 0.233 e. The molecule has 2 aromatic rings. The zero-order valence-electron chi connectivity index (χ0n) is 19.0. The number of rotatable bonds is 7. The molecule has 31 heavy (non-hydrogen) atoms. The van der Waals surface area contributed by atoms with E-state index >= 15 is 0 Å². The van der Waals surface area contributed by atoms with E-state index < -0.39 is 0 Å². The molecule has 1 aromatic heterocycles. The summed E-state index contributed by atoms with van der Waals surface area (Å²) >= 11 is 1.48. The number of hydrogen-bond acceptors (Lipinski definition) is 6. The van der Waals surface area contributed by atoms with Crippen LogP contribution in [-0.4, -0.2) is 93.5 Å². The number of carbonyl (C=O) groups is 1. The third-order valence-electron chi connectivity index (χ3n) is 6.38. The van der Waals surface area contributed by atoms with Crippen molar-refractivity contribution in [2.45, 2.75) is 38.8 Å². The largest absolute Gasteiger partial charge is 0.339 e. The Labute approximate surface area is 189 Å². The van der Waals surface area contributed by atoms with Crippen LogP contribution in [-0.2, 0) is 4.79 Å². The number of aromatic nitrogens is 3. The first-order valence-corrected chi connectivity index (χ1v) is 12.3. The molecule has 0 atom stereocenters. The molecule has 8 heteroatoms. The number of carbonyl (C=O) groups excluding carboxylic acids is 1. The third-order valence-corrected chi connectivity index (χ3v) is 7.30. The Morgan fingerprint density at radius 2 is 1.61 bits per heavy atom. The Morgan fingerprint density at radius 1 is 0.935 bits per heavy atom. The molecule has 2 saturated heterocycles. The second-order valence-electron chi connectivity index (χ2n) is 8.71. The van der Waals surface area contributed by atoms with Gasteiger partial charge in [-0.3, -0.25) is 14.3 Å². The van der Waals surface area contributed by atoms with E-state index in [0.717, 1.165) is 55.9 Å². The highest BCUT2D eigenvalue weighted by atomic mass is 32.2. The Kier molecular flexibility index (Phi) is 7.30. The predicted octanol–water partition coefficient (Wildman–Crippen LogP) is 2.52. The van der Waals surface area contributed by atoms with Gasteiger partial charge in [0, 0.05) is 39.3 Å². The second-order valence-corrected chi connectivity index (χ2v) is 9.66.